The van der Waals surface area contributed by atoms with Crippen LogP contribution in [0, 0.1) is 5.92 Å². The molecule has 1 aliphatic carbocycles. The molecule has 4 atom stereocenters. The number of fused-ring (bicyclic) bond motifs is 1. The molecule has 1 saturated heterocycles. The van der Waals surface area contributed by atoms with Crippen molar-refractivity contribution in [3.8, 4) is 0 Å². The maximum absolute atomic E-state index is 13.0. The number of carbonyl (C=O) groups is 1. The van der Waals surface area contributed by atoms with Crippen molar-refractivity contribution in [3.05, 3.63) is 23.8 Å². The zero-order valence-electron chi connectivity index (χ0n) is 15.2. The van der Waals surface area contributed by atoms with Crippen molar-refractivity contribution in [1.29, 1.82) is 0 Å². The average Bonchev–Trinajstić information content (AvgIpc) is 2.96. The molecule has 0 saturated carbocycles. The number of likely N-dealkylation sites (N-methyl/N-ethyl adjacent to an activating group) is 1. The van der Waals surface area contributed by atoms with Gasteiger partial charge < -0.3 is 9.64 Å². The van der Waals surface area contributed by atoms with Gasteiger partial charge in [0.05, 0.1) is 12.1 Å². The first-order valence-corrected chi connectivity index (χ1v) is 9.09. The average molecular weight is 331 g/mol. The standard InChI is InChI=1S/C19H29N3O2/c1-13(2)22(19(23)18-7-5-6-10-24-18)14(3)15-8-9-16-12-20-21(4)17(16)11-15/h8-9,11-14,16-18H,5-7,10H2,1-4H3/t14-,16?,17?,18+/m0/s1. The fourth-order valence-electron chi connectivity index (χ4n) is 3.89. The zero-order valence-corrected chi connectivity index (χ0v) is 15.2. The SMILES string of the molecule is CC(C)N(C(=O)[C@H]1CCCCO1)[C@@H](C)C1=CC2C(C=C1)C=NN2C. The third-order valence-electron chi connectivity index (χ3n) is 5.29. The second kappa shape index (κ2) is 7.09. The Hall–Kier alpha value is -1.62. The van der Waals surface area contributed by atoms with E-state index in [0.29, 0.717) is 12.5 Å². The molecular weight excluding hydrogens is 302 g/mol. The van der Waals surface area contributed by atoms with Crippen molar-refractivity contribution in [3.63, 3.8) is 0 Å². The maximum atomic E-state index is 13.0. The Balaban J connectivity index is 1.77. The highest BCUT2D eigenvalue weighted by Crippen LogP contribution is 2.29. The molecule has 1 amide bonds. The highest BCUT2D eigenvalue weighted by molar-refractivity contribution is 5.82. The van der Waals surface area contributed by atoms with Gasteiger partial charge in [-0.25, -0.2) is 0 Å². The summed E-state index contributed by atoms with van der Waals surface area (Å²) in [7, 11) is 2.00. The van der Waals surface area contributed by atoms with Gasteiger partial charge in [-0.05, 0) is 45.6 Å². The first-order chi connectivity index (χ1) is 11.5. The number of carbonyl (C=O) groups excluding carboxylic acids is 1. The van der Waals surface area contributed by atoms with Crippen LogP contribution in [0.3, 0.4) is 0 Å². The topological polar surface area (TPSA) is 45.1 Å². The second-order valence-electron chi connectivity index (χ2n) is 7.30. The van der Waals surface area contributed by atoms with Crippen molar-refractivity contribution >= 4 is 12.1 Å². The first-order valence-electron chi connectivity index (χ1n) is 9.09. The zero-order chi connectivity index (χ0) is 17.3. The third kappa shape index (κ3) is 3.27. The van der Waals surface area contributed by atoms with Gasteiger partial charge in [0.25, 0.3) is 5.91 Å². The van der Waals surface area contributed by atoms with Gasteiger partial charge in [0.2, 0.25) is 0 Å². The maximum Gasteiger partial charge on any atom is 0.252 e. The molecule has 0 aromatic rings. The van der Waals surface area contributed by atoms with Crippen molar-refractivity contribution in [2.75, 3.05) is 13.7 Å². The van der Waals surface area contributed by atoms with E-state index in [1.807, 2.05) is 23.2 Å². The van der Waals surface area contributed by atoms with Gasteiger partial charge in [0, 0.05) is 31.8 Å². The molecule has 0 aromatic heterocycles. The quantitative estimate of drug-likeness (QED) is 0.795. The largest absolute Gasteiger partial charge is 0.368 e. The predicted molar refractivity (Wildman–Crippen MR) is 95.8 cm³/mol. The van der Waals surface area contributed by atoms with E-state index in [-0.39, 0.29) is 30.1 Å². The summed E-state index contributed by atoms with van der Waals surface area (Å²) in [6.45, 7) is 6.98. The number of ether oxygens (including phenoxy) is 1. The van der Waals surface area contributed by atoms with Crippen molar-refractivity contribution < 1.29 is 9.53 Å². The number of amides is 1. The number of rotatable bonds is 4. The van der Waals surface area contributed by atoms with E-state index in [2.05, 4.69) is 44.1 Å². The lowest BCUT2D eigenvalue weighted by Crippen LogP contribution is -2.50. The van der Waals surface area contributed by atoms with E-state index < -0.39 is 0 Å². The Labute approximate surface area is 145 Å². The highest BCUT2D eigenvalue weighted by Gasteiger charge is 2.34. The summed E-state index contributed by atoms with van der Waals surface area (Å²) >= 11 is 0. The highest BCUT2D eigenvalue weighted by atomic mass is 16.5. The van der Waals surface area contributed by atoms with Crippen LogP contribution in [0.2, 0.25) is 0 Å². The van der Waals surface area contributed by atoms with Gasteiger partial charge in [-0.2, -0.15) is 5.10 Å². The van der Waals surface area contributed by atoms with Gasteiger partial charge in [-0.1, -0.05) is 18.2 Å². The first kappa shape index (κ1) is 17.2. The molecular formula is C19H29N3O2. The van der Waals surface area contributed by atoms with Crippen molar-refractivity contribution in [2.24, 2.45) is 11.0 Å². The van der Waals surface area contributed by atoms with Gasteiger partial charge in [0.15, 0.2) is 0 Å². The van der Waals surface area contributed by atoms with Gasteiger partial charge >= 0.3 is 0 Å². The summed E-state index contributed by atoms with van der Waals surface area (Å²) < 4.78 is 5.74. The minimum Gasteiger partial charge on any atom is -0.368 e. The molecule has 3 rings (SSSR count). The Bertz CT molecular complexity index is 561. The number of hydrogen-bond acceptors (Lipinski definition) is 4. The van der Waals surface area contributed by atoms with E-state index >= 15 is 0 Å². The fourth-order valence-corrected chi connectivity index (χ4v) is 3.89. The summed E-state index contributed by atoms with van der Waals surface area (Å²) in [5.74, 6) is 0.473. The molecule has 5 heteroatoms. The fraction of sp³-hybridized carbons (Fsp3) is 0.684. The number of nitrogens with zero attached hydrogens (tertiary/aromatic N) is 3. The van der Waals surface area contributed by atoms with E-state index in [4.69, 9.17) is 4.74 Å². The molecule has 3 aliphatic rings. The molecule has 0 radical (unpaired) electrons. The van der Waals surface area contributed by atoms with Gasteiger partial charge in [-0.15, -0.1) is 0 Å². The van der Waals surface area contributed by atoms with Crippen LogP contribution in [0.25, 0.3) is 0 Å². The summed E-state index contributed by atoms with van der Waals surface area (Å²) in [6, 6.07) is 0.444. The Morgan fingerprint density at radius 1 is 1.38 bits per heavy atom. The lowest BCUT2D eigenvalue weighted by molar-refractivity contribution is -0.149. The van der Waals surface area contributed by atoms with Crippen LogP contribution in [0.4, 0.5) is 0 Å². The smallest absolute Gasteiger partial charge is 0.252 e. The van der Waals surface area contributed by atoms with E-state index in [1.54, 1.807) is 0 Å². The van der Waals surface area contributed by atoms with Crippen molar-refractivity contribution in [1.82, 2.24) is 9.91 Å². The van der Waals surface area contributed by atoms with E-state index in [9.17, 15) is 4.79 Å². The van der Waals surface area contributed by atoms with Crippen LogP contribution < -0.4 is 0 Å². The Morgan fingerprint density at radius 3 is 2.83 bits per heavy atom. The summed E-state index contributed by atoms with van der Waals surface area (Å²) in [6.07, 6.45) is 11.3. The summed E-state index contributed by atoms with van der Waals surface area (Å²) in [4.78, 5) is 15.0. The molecule has 132 valence electrons. The van der Waals surface area contributed by atoms with Crippen LogP contribution in [0.5, 0.6) is 0 Å². The van der Waals surface area contributed by atoms with Gasteiger partial charge in [-0.3, -0.25) is 9.80 Å². The Kier molecular flexibility index (Phi) is 5.09. The molecule has 0 bridgehead atoms. The molecule has 0 N–H and O–H groups in total. The lowest BCUT2D eigenvalue weighted by atomic mass is 9.89. The summed E-state index contributed by atoms with van der Waals surface area (Å²) in [5.41, 5.74) is 1.19. The minimum atomic E-state index is -0.276. The van der Waals surface area contributed by atoms with Crippen LogP contribution in [0.15, 0.2) is 28.9 Å². The molecule has 0 aromatic carbocycles. The van der Waals surface area contributed by atoms with Gasteiger partial charge in [0.1, 0.15) is 6.10 Å². The van der Waals surface area contributed by atoms with Crippen LogP contribution in [0.1, 0.15) is 40.0 Å². The molecule has 0 spiro atoms. The molecule has 2 heterocycles. The monoisotopic (exact) mass is 331 g/mol. The molecule has 1 fully saturated rings. The van der Waals surface area contributed by atoms with E-state index in [0.717, 1.165) is 19.3 Å². The molecule has 5 nitrogen and oxygen atoms in total. The normalized spacial score (nSPS) is 30.3. The Morgan fingerprint density at radius 2 is 2.17 bits per heavy atom. The van der Waals surface area contributed by atoms with Crippen molar-refractivity contribution in [2.45, 2.75) is 64.3 Å². The number of hydrazone groups is 1. The van der Waals surface area contributed by atoms with Crippen LogP contribution in [-0.2, 0) is 9.53 Å². The second-order valence-corrected chi connectivity index (χ2v) is 7.30. The predicted octanol–water partition coefficient (Wildman–Crippen LogP) is 2.59. The van der Waals surface area contributed by atoms with Crippen LogP contribution in [-0.4, -0.2) is 59.9 Å². The number of hydrogen-bond donors (Lipinski definition) is 0. The molecule has 24 heavy (non-hydrogen) atoms. The third-order valence-corrected chi connectivity index (χ3v) is 5.29. The minimum absolute atomic E-state index is 0.0363. The molecule has 2 unspecified atom stereocenters. The van der Waals surface area contributed by atoms with Crippen LogP contribution >= 0.6 is 0 Å². The summed E-state index contributed by atoms with van der Waals surface area (Å²) in [5, 5.41) is 6.37. The van der Waals surface area contributed by atoms with E-state index in [1.165, 1.54) is 5.57 Å². The molecule has 2 aliphatic heterocycles. The lowest BCUT2D eigenvalue weighted by Gasteiger charge is -2.38.